The molecule has 3 rings (SSSR count). The molecule has 0 bridgehead atoms. The maximum absolute atomic E-state index is 12.1. The van der Waals surface area contributed by atoms with Crippen molar-refractivity contribution in [2.45, 2.75) is 0 Å². The minimum atomic E-state index is -0.354. The van der Waals surface area contributed by atoms with Crippen LogP contribution in [0.15, 0.2) is 64.1 Å². The summed E-state index contributed by atoms with van der Waals surface area (Å²) >= 11 is 12.1. The lowest BCUT2D eigenvalue weighted by Crippen LogP contribution is -2.17. The molecule has 1 N–H and O–H groups in total. The van der Waals surface area contributed by atoms with E-state index in [1.54, 1.807) is 54.6 Å². The van der Waals surface area contributed by atoms with E-state index in [1.807, 2.05) is 0 Å². The van der Waals surface area contributed by atoms with E-state index in [-0.39, 0.29) is 5.91 Å². The molecule has 3 aromatic rings. The lowest BCUT2D eigenvalue weighted by molar-refractivity contribution is 0.0955. The molecule has 26 heavy (non-hydrogen) atoms. The van der Waals surface area contributed by atoms with Crippen molar-refractivity contribution in [1.29, 1.82) is 0 Å². The summed E-state index contributed by atoms with van der Waals surface area (Å²) in [6.07, 6.45) is 1.41. The normalized spacial score (nSPS) is 10.9. The highest BCUT2D eigenvalue weighted by atomic mass is 35.5. The Kier molecular flexibility index (Phi) is 5.61. The zero-order valence-corrected chi connectivity index (χ0v) is 15.2. The molecule has 1 heterocycles. The molecule has 0 saturated heterocycles. The van der Waals surface area contributed by atoms with Crippen LogP contribution in [0.3, 0.4) is 0 Å². The average molecular weight is 389 g/mol. The Balaban J connectivity index is 1.68. The number of benzene rings is 2. The highest BCUT2D eigenvalue weighted by molar-refractivity contribution is 6.36. The summed E-state index contributed by atoms with van der Waals surface area (Å²) < 4.78 is 10.8. The van der Waals surface area contributed by atoms with E-state index < -0.39 is 0 Å². The Hall–Kier alpha value is -2.76. The van der Waals surface area contributed by atoms with Gasteiger partial charge in [-0.15, -0.1) is 0 Å². The predicted octanol–water partition coefficient (Wildman–Crippen LogP) is 5.03. The maximum Gasteiger partial charge on any atom is 0.271 e. The van der Waals surface area contributed by atoms with Gasteiger partial charge in [-0.1, -0.05) is 29.3 Å². The predicted molar refractivity (Wildman–Crippen MR) is 102 cm³/mol. The van der Waals surface area contributed by atoms with Crippen LogP contribution in [0.2, 0.25) is 10.0 Å². The number of carbonyl (C=O) groups is 1. The van der Waals surface area contributed by atoms with Crippen molar-refractivity contribution < 1.29 is 13.9 Å². The summed E-state index contributed by atoms with van der Waals surface area (Å²) in [5.74, 6) is 1.29. The summed E-state index contributed by atoms with van der Waals surface area (Å²) in [7, 11) is 1.54. The topological polar surface area (TPSA) is 63.8 Å². The molecular formula is C19H14Cl2N2O3. The second kappa shape index (κ2) is 8.08. The van der Waals surface area contributed by atoms with E-state index in [4.69, 9.17) is 32.4 Å². The molecule has 0 fully saturated rings. The fourth-order valence-corrected chi connectivity index (χ4v) is 2.74. The molecule has 1 aromatic heterocycles. The largest absolute Gasteiger partial charge is 0.497 e. The van der Waals surface area contributed by atoms with Crippen LogP contribution in [-0.2, 0) is 0 Å². The van der Waals surface area contributed by atoms with Crippen LogP contribution >= 0.6 is 23.2 Å². The van der Waals surface area contributed by atoms with Gasteiger partial charge < -0.3 is 9.15 Å². The molecule has 0 unspecified atom stereocenters. The number of nitrogens with one attached hydrogen (secondary N) is 1. The van der Waals surface area contributed by atoms with E-state index in [1.165, 1.54) is 13.3 Å². The average Bonchev–Trinajstić information content (AvgIpc) is 3.10. The van der Waals surface area contributed by atoms with Crippen molar-refractivity contribution >= 4 is 35.3 Å². The molecule has 2 aromatic carbocycles. The van der Waals surface area contributed by atoms with Crippen molar-refractivity contribution in [2.24, 2.45) is 5.10 Å². The number of methoxy groups -OCH3 is 1. The number of hydrazone groups is 1. The molecule has 0 spiro atoms. The molecule has 7 heteroatoms. The van der Waals surface area contributed by atoms with Gasteiger partial charge in [0.2, 0.25) is 0 Å². The molecule has 0 aliphatic heterocycles. The third-order valence-electron chi connectivity index (χ3n) is 3.51. The van der Waals surface area contributed by atoms with Crippen molar-refractivity contribution in [2.75, 3.05) is 7.11 Å². The Bertz CT molecular complexity index is 967. The van der Waals surface area contributed by atoms with Crippen molar-refractivity contribution in [1.82, 2.24) is 5.43 Å². The number of ether oxygens (including phenoxy) is 1. The number of nitrogens with zero attached hydrogens (tertiary/aromatic N) is 1. The van der Waals surface area contributed by atoms with Crippen LogP contribution in [0.4, 0.5) is 0 Å². The SMILES string of the molecule is COc1cccc(C(=O)N/N=C/c2ccc(-c3ccc(Cl)cc3Cl)o2)c1. The van der Waals surface area contributed by atoms with Crippen LogP contribution in [-0.4, -0.2) is 19.2 Å². The first-order valence-corrected chi connectivity index (χ1v) is 8.35. The number of furan rings is 1. The minimum Gasteiger partial charge on any atom is -0.497 e. The van der Waals surface area contributed by atoms with Crippen LogP contribution in [0.25, 0.3) is 11.3 Å². The molecule has 0 aliphatic rings. The summed E-state index contributed by atoms with van der Waals surface area (Å²) in [5, 5.41) is 4.94. The number of hydrogen-bond acceptors (Lipinski definition) is 4. The Morgan fingerprint density at radius 2 is 2.00 bits per heavy atom. The van der Waals surface area contributed by atoms with Crippen LogP contribution in [0.1, 0.15) is 16.1 Å². The Morgan fingerprint density at radius 3 is 2.77 bits per heavy atom. The quantitative estimate of drug-likeness (QED) is 0.492. The fourth-order valence-electron chi connectivity index (χ4n) is 2.24. The monoisotopic (exact) mass is 388 g/mol. The number of amides is 1. The number of halogens is 2. The first-order chi connectivity index (χ1) is 12.6. The molecule has 0 saturated carbocycles. The first kappa shape index (κ1) is 18.0. The van der Waals surface area contributed by atoms with E-state index in [0.29, 0.717) is 32.9 Å². The highest BCUT2D eigenvalue weighted by Gasteiger charge is 2.09. The van der Waals surface area contributed by atoms with Crippen molar-refractivity contribution in [3.8, 4) is 17.1 Å². The molecule has 132 valence electrons. The van der Waals surface area contributed by atoms with Gasteiger partial charge >= 0.3 is 0 Å². The van der Waals surface area contributed by atoms with Crippen molar-refractivity contribution in [3.63, 3.8) is 0 Å². The summed E-state index contributed by atoms with van der Waals surface area (Å²) in [6, 6.07) is 15.4. The Morgan fingerprint density at radius 1 is 1.15 bits per heavy atom. The zero-order chi connectivity index (χ0) is 18.5. The standard InChI is InChI=1S/C19H14Cl2N2O3/c1-25-14-4-2-3-12(9-14)19(24)23-22-11-15-6-8-18(26-15)16-7-5-13(20)10-17(16)21/h2-11H,1H3,(H,23,24)/b22-11+. The van der Waals surface area contributed by atoms with Gasteiger partial charge in [0.25, 0.3) is 5.91 Å². The summed E-state index contributed by atoms with van der Waals surface area (Å²) in [5.41, 5.74) is 3.60. The van der Waals surface area contributed by atoms with Gasteiger partial charge in [-0.2, -0.15) is 5.10 Å². The molecule has 0 aliphatic carbocycles. The molecule has 5 nitrogen and oxygen atoms in total. The summed E-state index contributed by atoms with van der Waals surface area (Å²) in [4.78, 5) is 12.1. The number of hydrogen-bond donors (Lipinski definition) is 1. The van der Waals surface area contributed by atoms with Crippen LogP contribution in [0.5, 0.6) is 5.75 Å². The van der Waals surface area contributed by atoms with Crippen LogP contribution in [0, 0.1) is 0 Å². The third-order valence-corrected chi connectivity index (χ3v) is 4.06. The minimum absolute atomic E-state index is 0.354. The van der Waals surface area contributed by atoms with E-state index in [2.05, 4.69) is 10.5 Å². The smallest absolute Gasteiger partial charge is 0.271 e. The lowest BCUT2D eigenvalue weighted by Gasteiger charge is -2.02. The Labute approximate surface area is 160 Å². The molecule has 0 atom stereocenters. The lowest BCUT2D eigenvalue weighted by atomic mass is 10.2. The third kappa shape index (κ3) is 4.25. The molecular weight excluding hydrogens is 375 g/mol. The van der Waals surface area contributed by atoms with Gasteiger partial charge in [-0.25, -0.2) is 5.43 Å². The summed E-state index contributed by atoms with van der Waals surface area (Å²) in [6.45, 7) is 0. The van der Waals surface area contributed by atoms with Crippen molar-refractivity contribution in [3.05, 3.63) is 76.0 Å². The maximum atomic E-state index is 12.1. The zero-order valence-electron chi connectivity index (χ0n) is 13.7. The first-order valence-electron chi connectivity index (χ1n) is 7.59. The van der Waals surface area contributed by atoms with Gasteiger partial charge in [-0.3, -0.25) is 4.79 Å². The second-order valence-corrected chi connectivity index (χ2v) is 6.10. The van der Waals surface area contributed by atoms with Gasteiger partial charge in [0.1, 0.15) is 17.3 Å². The number of carbonyl (C=O) groups excluding carboxylic acids is 1. The van der Waals surface area contributed by atoms with Crippen LogP contribution < -0.4 is 10.2 Å². The second-order valence-electron chi connectivity index (χ2n) is 5.26. The van der Waals surface area contributed by atoms with Gasteiger partial charge in [0.15, 0.2) is 0 Å². The number of rotatable bonds is 5. The highest BCUT2D eigenvalue weighted by Crippen LogP contribution is 2.31. The van der Waals surface area contributed by atoms with E-state index >= 15 is 0 Å². The fraction of sp³-hybridized carbons (Fsp3) is 0.0526. The molecule has 0 radical (unpaired) electrons. The van der Waals surface area contributed by atoms with Gasteiger partial charge in [0.05, 0.1) is 18.3 Å². The van der Waals surface area contributed by atoms with Gasteiger partial charge in [0, 0.05) is 16.1 Å². The van der Waals surface area contributed by atoms with E-state index in [9.17, 15) is 4.79 Å². The molecule has 1 amide bonds. The van der Waals surface area contributed by atoms with E-state index in [0.717, 1.165) is 5.56 Å². The van der Waals surface area contributed by atoms with Gasteiger partial charge in [-0.05, 0) is 48.5 Å².